The van der Waals surface area contributed by atoms with Crippen LogP contribution in [0.5, 0.6) is 0 Å². The van der Waals surface area contributed by atoms with Crippen LogP contribution in [0.3, 0.4) is 0 Å². The van der Waals surface area contributed by atoms with Crippen molar-refractivity contribution in [2.45, 2.75) is 19.2 Å². The smallest absolute Gasteiger partial charge is 0.377 e. The van der Waals surface area contributed by atoms with Crippen LogP contribution in [0.25, 0.3) is 0 Å². The van der Waals surface area contributed by atoms with Gasteiger partial charge < -0.3 is 19.0 Å². The highest BCUT2D eigenvalue weighted by Gasteiger charge is 2.40. The third-order valence-corrected chi connectivity index (χ3v) is 6.81. The first-order valence-electron chi connectivity index (χ1n) is 8.24. The lowest BCUT2D eigenvalue weighted by Gasteiger charge is -2.27. The number of carbonyl (C=O) groups is 2. The zero-order valence-electron chi connectivity index (χ0n) is 15.1. The normalized spacial score (nSPS) is 12.6. The molecule has 2 aromatic rings. The van der Waals surface area contributed by atoms with Crippen LogP contribution in [0.2, 0.25) is 6.04 Å². The number of hydrogen-bond donors (Lipinski definition) is 1. The molecule has 0 bridgehead atoms. The summed E-state index contributed by atoms with van der Waals surface area (Å²) >= 11 is 0. The second-order valence-electron chi connectivity index (χ2n) is 5.62. The quantitative estimate of drug-likeness (QED) is 0.413. The zero-order valence-corrected chi connectivity index (χ0v) is 16.1. The second kappa shape index (κ2) is 8.97. The topological polar surface area (TPSA) is 87.8 Å². The van der Waals surface area contributed by atoms with Crippen LogP contribution in [-0.2, 0) is 13.3 Å². The summed E-state index contributed by atoms with van der Waals surface area (Å²) in [5.74, 6) is -0.510. The van der Waals surface area contributed by atoms with Gasteiger partial charge in [0, 0.05) is 37.0 Å². The molecule has 0 fully saturated rings. The predicted molar refractivity (Wildman–Crippen MR) is 100.0 cm³/mol. The molecule has 2 rings (SSSR count). The first-order chi connectivity index (χ1) is 12.5. The summed E-state index contributed by atoms with van der Waals surface area (Å²) in [5, 5.41) is 0. The van der Waals surface area contributed by atoms with E-state index in [-0.39, 0.29) is 5.78 Å². The molecule has 138 valence electrons. The molecule has 0 heterocycles. The average molecular weight is 373 g/mol. The Hall–Kier alpha value is -2.16. The van der Waals surface area contributed by atoms with Crippen LogP contribution in [0.4, 0.5) is 0 Å². The van der Waals surface area contributed by atoms with Crippen molar-refractivity contribution in [2.75, 3.05) is 14.2 Å². The summed E-state index contributed by atoms with van der Waals surface area (Å²) in [7, 11) is -0.00373. The number of Topliss-reactive ketones (excluding diaryl/α,β-unsaturated/α-hetero) is 1. The molecular weight excluding hydrogens is 350 g/mol. The van der Waals surface area contributed by atoms with Crippen molar-refractivity contribution in [3.05, 3.63) is 71.3 Å². The van der Waals surface area contributed by atoms with E-state index in [2.05, 4.69) is 0 Å². The highest BCUT2D eigenvalue weighted by Crippen LogP contribution is 2.17. The molecule has 6 nitrogen and oxygen atoms in total. The van der Waals surface area contributed by atoms with Crippen molar-refractivity contribution >= 4 is 20.4 Å². The molecule has 0 aromatic heterocycles. The van der Waals surface area contributed by atoms with Crippen molar-refractivity contribution in [2.24, 2.45) is 5.73 Å². The molecule has 0 aliphatic heterocycles. The molecule has 2 aromatic carbocycles. The van der Waals surface area contributed by atoms with E-state index in [4.69, 9.17) is 19.0 Å². The maximum atomic E-state index is 12.5. The minimum absolute atomic E-state index is 0.110. The SMILES string of the molecule is CC[Si](OC)(OC)OC(N)C(=O)c1ccc(C(=O)c2ccccc2)cc1. The highest BCUT2D eigenvalue weighted by molar-refractivity contribution is 6.60. The monoisotopic (exact) mass is 373 g/mol. The van der Waals surface area contributed by atoms with E-state index in [9.17, 15) is 9.59 Å². The number of hydrogen-bond acceptors (Lipinski definition) is 6. The Morgan fingerprint density at radius 1 is 0.923 bits per heavy atom. The average Bonchev–Trinajstić information content (AvgIpc) is 2.71. The first-order valence-corrected chi connectivity index (χ1v) is 10.2. The van der Waals surface area contributed by atoms with Gasteiger partial charge in [0.15, 0.2) is 12.0 Å². The van der Waals surface area contributed by atoms with Gasteiger partial charge in [0.2, 0.25) is 5.78 Å². The Labute approximate surface area is 154 Å². The number of benzene rings is 2. The number of rotatable bonds is 9. The Morgan fingerprint density at radius 3 is 1.92 bits per heavy atom. The van der Waals surface area contributed by atoms with E-state index < -0.39 is 20.8 Å². The molecule has 2 N–H and O–H groups in total. The van der Waals surface area contributed by atoms with Crippen LogP contribution in [0, 0.1) is 0 Å². The van der Waals surface area contributed by atoms with E-state index in [1.54, 1.807) is 48.5 Å². The molecule has 26 heavy (non-hydrogen) atoms. The van der Waals surface area contributed by atoms with Crippen molar-refractivity contribution in [1.82, 2.24) is 0 Å². The van der Waals surface area contributed by atoms with Crippen LogP contribution < -0.4 is 5.73 Å². The minimum Gasteiger partial charge on any atom is -0.377 e. The number of carbonyl (C=O) groups excluding carboxylic acids is 2. The molecule has 0 saturated heterocycles. The molecule has 0 saturated carbocycles. The largest absolute Gasteiger partial charge is 0.501 e. The van der Waals surface area contributed by atoms with Crippen LogP contribution in [0.1, 0.15) is 33.2 Å². The van der Waals surface area contributed by atoms with Gasteiger partial charge in [-0.05, 0) is 0 Å². The lowest BCUT2D eigenvalue weighted by Crippen LogP contribution is -2.51. The van der Waals surface area contributed by atoms with Crippen LogP contribution in [-0.4, -0.2) is 40.8 Å². The molecule has 0 spiro atoms. The second-order valence-corrected chi connectivity index (χ2v) is 8.75. The lowest BCUT2D eigenvalue weighted by molar-refractivity contribution is 0.0466. The van der Waals surface area contributed by atoms with E-state index in [1.165, 1.54) is 14.2 Å². The summed E-state index contributed by atoms with van der Waals surface area (Å²) in [6.07, 6.45) is -1.20. The van der Waals surface area contributed by atoms with Crippen LogP contribution >= 0.6 is 0 Å². The van der Waals surface area contributed by atoms with Crippen molar-refractivity contribution in [1.29, 1.82) is 0 Å². The zero-order chi connectivity index (χ0) is 19.2. The third-order valence-electron chi connectivity index (χ3n) is 4.09. The fourth-order valence-electron chi connectivity index (χ4n) is 2.50. The molecule has 1 atom stereocenters. The lowest BCUT2D eigenvalue weighted by atomic mass is 10.0. The van der Waals surface area contributed by atoms with Crippen molar-refractivity contribution in [3.63, 3.8) is 0 Å². The van der Waals surface area contributed by atoms with Gasteiger partial charge in [-0.25, -0.2) is 0 Å². The van der Waals surface area contributed by atoms with Crippen molar-refractivity contribution < 1.29 is 22.9 Å². The van der Waals surface area contributed by atoms with E-state index >= 15 is 0 Å². The van der Waals surface area contributed by atoms with Gasteiger partial charge in [-0.2, -0.15) is 0 Å². The molecule has 7 heteroatoms. The standard InChI is InChI=1S/C19H23NO5Si/c1-4-26(23-2,24-3)25-19(20)18(22)16-12-10-15(11-13-16)17(21)14-8-6-5-7-9-14/h5-13,19H,4,20H2,1-3H3. The molecule has 0 radical (unpaired) electrons. The van der Waals surface area contributed by atoms with Crippen molar-refractivity contribution in [3.8, 4) is 0 Å². The molecule has 0 aliphatic carbocycles. The molecule has 0 aliphatic rings. The maximum Gasteiger partial charge on any atom is 0.501 e. The van der Waals surface area contributed by atoms with E-state index in [0.29, 0.717) is 22.7 Å². The predicted octanol–water partition coefficient (Wildman–Crippen LogP) is 2.65. The Morgan fingerprint density at radius 2 is 1.42 bits per heavy atom. The molecular formula is C19H23NO5Si. The Kier molecular flexibility index (Phi) is 6.95. The molecule has 0 amide bonds. The Bertz CT molecular complexity index is 736. The minimum atomic E-state index is -2.95. The van der Waals surface area contributed by atoms with Gasteiger partial charge in [0.05, 0.1) is 0 Å². The third kappa shape index (κ3) is 4.51. The summed E-state index contributed by atoms with van der Waals surface area (Å²) in [6, 6.07) is 15.8. The van der Waals surface area contributed by atoms with Gasteiger partial charge in [-0.1, -0.05) is 61.5 Å². The van der Waals surface area contributed by atoms with Gasteiger partial charge >= 0.3 is 8.80 Å². The summed E-state index contributed by atoms with van der Waals surface area (Å²) in [4.78, 5) is 24.9. The van der Waals surface area contributed by atoms with Gasteiger partial charge in [-0.15, -0.1) is 0 Å². The number of ketones is 2. The summed E-state index contributed by atoms with van der Waals surface area (Å²) < 4.78 is 16.2. The summed E-state index contributed by atoms with van der Waals surface area (Å²) in [5.41, 5.74) is 7.32. The van der Waals surface area contributed by atoms with Crippen LogP contribution in [0.15, 0.2) is 54.6 Å². The fourth-order valence-corrected chi connectivity index (χ4v) is 4.10. The molecule has 1 unspecified atom stereocenters. The maximum absolute atomic E-state index is 12.5. The Balaban J connectivity index is 2.12. The van der Waals surface area contributed by atoms with Gasteiger partial charge in [-0.3, -0.25) is 9.59 Å². The van der Waals surface area contributed by atoms with Gasteiger partial charge in [0.1, 0.15) is 0 Å². The summed E-state index contributed by atoms with van der Waals surface area (Å²) in [6.45, 7) is 1.85. The van der Waals surface area contributed by atoms with E-state index in [1.807, 2.05) is 13.0 Å². The fraction of sp³-hybridized carbons (Fsp3) is 0.263. The van der Waals surface area contributed by atoms with Gasteiger partial charge in [0.25, 0.3) is 0 Å². The van der Waals surface area contributed by atoms with E-state index in [0.717, 1.165) is 0 Å². The number of nitrogens with two attached hydrogens (primary N) is 1. The first kappa shape index (κ1) is 20.2. The highest BCUT2D eigenvalue weighted by atomic mass is 28.4.